The van der Waals surface area contributed by atoms with Crippen molar-refractivity contribution in [2.75, 3.05) is 44.4 Å². The average Bonchev–Trinajstić information content (AvgIpc) is 2.87. The summed E-state index contributed by atoms with van der Waals surface area (Å²) in [4.78, 5) is 23.7. The van der Waals surface area contributed by atoms with Crippen LogP contribution in [0.25, 0.3) is 6.08 Å². The van der Waals surface area contributed by atoms with Gasteiger partial charge >= 0.3 is 0 Å². The third-order valence-corrected chi connectivity index (χ3v) is 4.83. The number of anilines is 2. The van der Waals surface area contributed by atoms with Gasteiger partial charge in [-0.2, -0.15) is 4.99 Å². The second kappa shape index (κ2) is 9.55. The quantitative estimate of drug-likeness (QED) is 0.519. The Hall–Kier alpha value is -3.17. The number of hydrogen-bond acceptors (Lipinski definition) is 7. The van der Waals surface area contributed by atoms with Gasteiger partial charge in [0.2, 0.25) is 5.96 Å². The van der Waals surface area contributed by atoms with Crippen molar-refractivity contribution in [3.05, 3.63) is 57.5 Å². The van der Waals surface area contributed by atoms with E-state index in [1.165, 1.54) is 0 Å². The minimum atomic E-state index is -0.108. The van der Waals surface area contributed by atoms with Crippen LogP contribution in [-0.2, 0) is 20.2 Å². The van der Waals surface area contributed by atoms with Crippen molar-refractivity contribution in [3.8, 4) is 0 Å². The number of aromatic nitrogens is 2. The summed E-state index contributed by atoms with van der Waals surface area (Å²) in [5.74, 6) is 0.411. The molecule has 0 amide bonds. The number of benzene rings is 1. The van der Waals surface area contributed by atoms with Gasteiger partial charge in [0.25, 0.3) is 5.56 Å². The van der Waals surface area contributed by atoms with E-state index in [9.17, 15) is 9.90 Å². The number of aliphatic hydroxyl groups is 1. The van der Waals surface area contributed by atoms with Gasteiger partial charge in [-0.05, 0) is 38.4 Å². The van der Waals surface area contributed by atoms with E-state index in [2.05, 4.69) is 32.1 Å². The smallest absolute Gasteiger partial charge is 0.276 e. The first-order valence-electron chi connectivity index (χ1n) is 9.84. The van der Waals surface area contributed by atoms with E-state index in [4.69, 9.17) is 0 Å². The van der Waals surface area contributed by atoms with Gasteiger partial charge in [0.05, 0.1) is 24.9 Å². The van der Waals surface area contributed by atoms with Crippen LogP contribution in [0.1, 0.15) is 5.56 Å². The van der Waals surface area contributed by atoms with Crippen molar-refractivity contribution in [1.29, 1.82) is 0 Å². The molecule has 0 spiro atoms. The standard InChI is InChI=1S/C21H29N7O2/c1-5-11-28-20(30)17-8-9-23-21(25-19(17)27(28)4)24-16-6-7-18(15(13-16)14-29)22-10-12-26(2)3/h5-8,13,22,29H,1,9-12,14H2,2-4H3,(H,23,24). The number of fused-ring (bicyclic) bond motifs is 1. The van der Waals surface area contributed by atoms with Crippen molar-refractivity contribution in [2.24, 2.45) is 17.0 Å². The van der Waals surface area contributed by atoms with Crippen LogP contribution in [0.4, 0.5) is 11.4 Å². The summed E-state index contributed by atoms with van der Waals surface area (Å²) >= 11 is 0. The van der Waals surface area contributed by atoms with E-state index >= 15 is 0 Å². The number of allylic oxidation sites excluding steroid dienone is 1. The van der Waals surface area contributed by atoms with Gasteiger partial charge in [-0.15, -0.1) is 6.58 Å². The average molecular weight is 412 g/mol. The lowest BCUT2D eigenvalue weighted by molar-refractivity contribution is 0.282. The van der Waals surface area contributed by atoms with E-state index < -0.39 is 0 Å². The molecule has 0 fully saturated rings. The lowest BCUT2D eigenvalue weighted by atomic mass is 10.1. The molecule has 3 N–H and O–H groups in total. The lowest BCUT2D eigenvalue weighted by Crippen LogP contribution is -2.36. The Labute approximate surface area is 175 Å². The fourth-order valence-electron chi connectivity index (χ4n) is 3.24. The van der Waals surface area contributed by atoms with E-state index in [1.54, 1.807) is 28.6 Å². The molecular formula is C21H29N7O2. The van der Waals surface area contributed by atoms with Crippen molar-refractivity contribution >= 4 is 23.4 Å². The fourth-order valence-corrected chi connectivity index (χ4v) is 3.24. The lowest BCUT2D eigenvalue weighted by Gasteiger charge is -2.15. The predicted molar refractivity (Wildman–Crippen MR) is 120 cm³/mol. The third-order valence-electron chi connectivity index (χ3n) is 4.83. The number of rotatable bonds is 8. The highest BCUT2D eigenvalue weighted by molar-refractivity contribution is 5.95. The molecule has 0 atom stereocenters. The molecule has 0 saturated carbocycles. The normalized spacial score (nSPS) is 13.0. The van der Waals surface area contributed by atoms with Gasteiger partial charge in [-0.1, -0.05) is 6.08 Å². The molecule has 0 saturated heterocycles. The summed E-state index contributed by atoms with van der Waals surface area (Å²) in [5, 5.41) is 16.8. The first-order valence-corrected chi connectivity index (χ1v) is 9.84. The molecule has 1 aromatic heterocycles. The van der Waals surface area contributed by atoms with Gasteiger partial charge in [0.15, 0.2) is 5.49 Å². The van der Waals surface area contributed by atoms with Crippen LogP contribution in [0.15, 0.2) is 45.6 Å². The largest absolute Gasteiger partial charge is 0.392 e. The van der Waals surface area contributed by atoms with Crippen molar-refractivity contribution < 1.29 is 5.11 Å². The molecule has 1 aromatic carbocycles. The molecule has 30 heavy (non-hydrogen) atoms. The first-order chi connectivity index (χ1) is 14.4. The highest BCUT2D eigenvalue weighted by Crippen LogP contribution is 2.21. The molecule has 1 aliphatic heterocycles. The Kier molecular flexibility index (Phi) is 6.86. The van der Waals surface area contributed by atoms with Crippen molar-refractivity contribution in [3.63, 3.8) is 0 Å². The minimum Gasteiger partial charge on any atom is -0.392 e. The molecule has 160 valence electrons. The van der Waals surface area contributed by atoms with Crippen LogP contribution in [0.3, 0.4) is 0 Å². The molecule has 3 rings (SSSR count). The molecule has 0 radical (unpaired) electrons. The number of nitrogens with one attached hydrogen (secondary N) is 2. The fraction of sp³-hybridized carbons (Fsp3) is 0.381. The topological polar surface area (TPSA) is 99.2 Å². The Morgan fingerprint density at radius 1 is 1.37 bits per heavy atom. The molecule has 9 heteroatoms. The number of hydrogen-bond donors (Lipinski definition) is 3. The number of likely N-dealkylation sites (N-methyl/N-ethyl adjacent to an activating group) is 1. The second-order valence-corrected chi connectivity index (χ2v) is 7.30. The van der Waals surface area contributed by atoms with Crippen LogP contribution < -0.4 is 26.9 Å². The summed E-state index contributed by atoms with van der Waals surface area (Å²) in [6.45, 7) is 6.06. The van der Waals surface area contributed by atoms with Crippen LogP contribution in [-0.4, -0.2) is 59.1 Å². The predicted octanol–water partition coefficient (Wildman–Crippen LogP) is -0.280. The highest BCUT2D eigenvalue weighted by atomic mass is 16.3. The van der Waals surface area contributed by atoms with E-state index in [0.717, 1.165) is 30.0 Å². The van der Waals surface area contributed by atoms with Crippen molar-refractivity contribution in [1.82, 2.24) is 14.3 Å². The van der Waals surface area contributed by atoms with Crippen LogP contribution in [0.2, 0.25) is 0 Å². The van der Waals surface area contributed by atoms with Crippen LogP contribution >= 0.6 is 0 Å². The molecule has 1 aliphatic rings. The minimum absolute atomic E-state index is 0.0831. The maximum Gasteiger partial charge on any atom is 0.276 e. The maximum absolute atomic E-state index is 12.6. The summed E-state index contributed by atoms with van der Waals surface area (Å²) in [6, 6.07) is 5.70. The molecule has 9 nitrogen and oxygen atoms in total. The number of aliphatic hydroxyl groups excluding tert-OH is 1. The molecule has 0 bridgehead atoms. The van der Waals surface area contributed by atoms with Gasteiger partial charge in [0.1, 0.15) is 0 Å². The molecule has 0 unspecified atom stereocenters. The number of guanidine groups is 1. The van der Waals surface area contributed by atoms with Gasteiger partial charge in [0, 0.05) is 37.1 Å². The Morgan fingerprint density at radius 3 is 2.87 bits per heavy atom. The van der Waals surface area contributed by atoms with E-state index in [-0.39, 0.29) is 12.2 Å². The number of nitrogens with zero attached hydrogens (tertiary/aromatic N) is 5. The zero-order valence-electron chi connectivity index (χ0n) is 17.7. The molecular weight excluding hydrogens is 382 g/mol. The summed E-state index contributed by atoms with van der Waals surface area (Å²) in [7, 11) is 5.83. The monoisotopic (exact) mass is 411 g/mol. The zero-order chi connectivity index (χ0) is 21.7. The Morgan fingerprint density at radius 2 is 2.17 bits per heavy atom. The molecule has 0 aliphatic carbocycles. The first kappa shape index (κ1) is 21.5. The van der Waals surface area contributed by atoms with Gasteiger partial charge < -0.3 is 20.6 Å². The number of aliphatic imine (C=N–C) groups is 1. The summed E-state index contributed by atoms with van der Waals surface area (Å²) in [5.41, 5.74) is 2.88. The Balaban J connectivity index is 1.85. The Bertz CT molecular complexity index is 1130. The van der Waals surface area contributed by atoms with Gasteiger partial charge in [-0.3, -0.25) is 9.48 Å². The summed E-state index contributed by atoms with van der Waals surface area (Å²) in [6.07, 6.45) is 3.46. The maximum atomic E-state index is 12.6. The zero-order valence-corrected chi connectivity index (χ0v) is 17.7. The van der Waals surface area contributed by atoms with Crippen LogP contribution in [0, 0.1) is 0 Å². The van der Waals surface area contributed by atoms with E-state index in [1.807, 2.05) is 32.3 Å². The van der Waals surface area contributed by atoms with Crippen molar-refractivity contribution in [2.45, 2.75) is 13.2 Å². The van der Waals surface area contributed by atoms with Gasteiger partial charge in [-0.25, -0.2) is 9.67 Å². The SMILES string of the molecule is C=CCn1c(=O)c2c(n1C)=NC(Nc1ccc(NCCN(C)C)c(CO)c1)=NCC=2. The highest BCUT2D eigenvalue weighted by Gasteiger charge is 2.11. The van der Waals surface area contributed by atoms with Crippen LogP contribution in [0.5, 0.6) is 0 Å². The summed E-state index contributed by atoms with van der Waals surface area (Å²) < 4.78 is 3.30. The molecule has 2 aromatic rings. The second-order valence-electron chi connectivity index (χ2n) is 7.30. The van der Waals surface area contributed by atoms with E-state index in [0.29, 0.717) is 29.8 Å². The molecule has 2 heterocycles. The third kappa shape index (κ3) is 4.69.